The van der Waals surface area contributed by atoms with Crippen LogP contribution in [0.15, 0.2) is 30.3 Å². The highest BCUT2D eigenvalue weighted by Gasteiger charge is 2.12. The molecule has 0 aliphatic carbocycles. The number of ether oxygens (including phenoxy) is 1. The lowest BCUT2D eigenvalue weighted by molar-refractivity contribution is -0.119. The fraction of sp³-hybridized carbons (Fsp3) is 0.500. The number of methoxy groups -OCH3 is 1. The lowest BCUT2D eigenvalue weighted by atomic mass is 10.1. The summed E-state index contributed by atoms with van der Waals surface area (Å²) in [6.07, 6.45) is 0.505. The van der Waals surface area contributed by atoms with Crippen LogP contribution in [0.5, 0.6) is 0 Å². The summed E-state index contributed by atoms with van der Waals surface area (Å²) in [6.45, 7) is 3.17. The molecule has 17 heavy (non-hydrogen) atoms. The van der Waals surface area contributed by atoms with Gasteiger partial charge < -0.3 is 4.74 Å². The third kappa shape index (κ3) is 5.11. The van der Waals surface area contributed by atoms with Gasteiger partial charge in [-0.25, -0.2) is 0 Å². The number of benzene rings is 1. The minimum absolute atomic E-state index is 0.238. The van der Waals surface area contributed by atoms with Gasteiger partial charge in [0.25, 0.3) is 0 Å². The van der Waals surface area contributed by atoms with Crippen LogP contribution in [0.3, 0.4) is 0 Å². The fourth-order valence-electron chi connectivity index (χ4n) is 1.68. The number of carbonyl (C=O) groups excluding carboxylic acids is 1. The van der Waals surface area contributed by atoms with Crippen LogP contribution in [0, 0.1) is 0 Å². The van der Waals surface area contributed by atoms with E-state index in [0.29, 0.717) is 19.6 Å². The van der Waals surface area contributed by atoms with Crippen molar-refractivity contribution in [3.63, 3.8) is 0 Å². The van der Waals surface area contributed by atoms with Crippen molar-refractivity contribution in [3.8, 4) is 0 Å². The van der Waals surface area contributed by atoms with Crippen molar-refractivity contribution in [2.45, 2.75) is 19.4 Å². The monoisotopic (exact) mass is 235 g/mol. The zero-order valence-electron chi connectivity index (χ0n) is 10.8. The molecule has 0 amide bonds. The predicted molar refractivity (Wildman–Crippen MR) is 69.1 cm³/mol. The van der Waals surface area contributed by atoms with E-state index in [4.69, 9.17) is 4.74 Å². The number of likely N-dealkylation sites (N-methyl/N-ethyl adjacent to an activating group) is 1. The highest BCUT2D eigenvalue weighted by atomic mass is 16.5. The van der Waals surface area contributed by atoms with Gasteiger partial charge in [-0.1, -0.05) is 30.3 Å². The number of rotatable bonds is 7. The Hall–Kier alpha value is -1.19. The number of carbonyl (C=O) groups is 1. The molecule has 0 aromatic heterocycles. The van der Waals surface area contributed by atoms with Gasteiger partial charge in [0, 0.05) is 19.6 Å². The molecule has 3 heteroatoms. The van der Waals surface area contributed by atoms with Gasteiger partial charge >= 0.3 is 0 Å². The molecule has 1 unspecified atom stereocenters. The first-order valence-corrected chi connectivity index (χ1v) is 5.88. The Kier molecular flexibility index (Phi) is 5.87. The topological polar surface area (TPSA) is 29.5 Å². The summed E-state index contributed by atoms with van der Waals surface area (Å²) >= 11 is 0. The number of ketones is 1. The molecule has 1 rings (SSSR count). The van der Waals surface area contributed by atoms with E-state index >= 15 is 0 Å². The van der Waals surface area contributed by atoms with Crippen LogP contribution in [-0.2, 0) is 16.0 Å². The summed E-state index contributed by atoms with van der Waals surface area (Å²) in [7, 11) is 3.63. The fourth-order valence-corrected chi connectivity index (χ4v) is 1.68. The van der Waals surface area contributed by atoms with E-state index in [2.05, 4.69) is 6.92 Å². The molecule has 0 fully saturated rings. The molecule has 0 N–H and O–H groups in total. The van der Waals surface area contributed by atoms with Crippen LogP contribution in [-0.4, -0.2) is 44.0 Å². The molecular formula is C14H21NO2. The maximum atomic E-state index is 11.8. The van der Waals surface area contributed by atoms with Gasteiger partial charge in [-0.2, -0.15) is 0 Å². The van der Waals surface area contributed by atoms with E-state index in [0.717, 1.165) is 5.56 Å². The van der Waals surface area contributed by atoms with E-state index < -0.39 is 0 Å². The number of hydrogen-bond donors (Lipinski definition) is 0. The van der Waals surface area contributed by atoms with Crippen molar-refractivity contribution >= 4 is 5.78 Å². The zero-order valence-corrected chi connectivity index (χ0v) is 10.8. The van der Waals surface area contributed by atoms with E-state index in [1.54, 1.807) is 7.11 Å². The maximum absolute atomic E-state index is 11.8. The summed E-state index contributed by atoms with van der Waals surface area (Å²) in [5, 5.41) is 0. The second kappa shape index (κ2) is 7.20. The van der Waals surface area contributed by atoms with Crippen LogP contribution in [0.2, 0.25) is 0 Å². The Morgan fingerprint density at radius 3 is 2.59 bits per heavy atom. The predicted octanol–water partition coefficient (Wildman–Crippen LogP) is 1.76. The first kappa shape index (κ1) is 13.9. The molecule has 0 radical (unpaired) electrons. The van der Waals surface area contributed by atoms with Crippen LogP contribution in [0.25, 0.3) is 0 Å². The first-order valence-electron chi connectivity index (χ1n) is 5.88. The molecule has 0 heterocycles. The molecule has 1 aromatic rings. The van der Waals surface area contributed by atoms with Gasteiger partial charge in [0.2, 0.25) is 0 Å². The van der Waals surface area contributed by atoms with E-state index in [1.807, 2.05) is 42.3 Å². The molecular weight excluding hydrogens is 214 g/mol. The third-order valence-corrected chi connectivity index (χ3v) is 2.83. The number of nitrogens with zero attached hydrogens (tertiary/aromatic N) is 1. The van der Waals surface area contributed by atoms with Crippen LogP contribution in [0.1, 0.15) is 12.5 Å². The van der Waals surface area contributed by atoms with Crippen molar-refractivity contribution in [1.82, 2.24) is 4.90 Å². The largest absolute Gasteiger partial charge is 0.383 e. The molecule has 1 atom stereocenters. The molecule has 1 aromatic carbocycles. The number of Topliss-reactive ketones (excluding diaryl/α,β-unsaturated/α-hetero) is 1. The zero-order chi connectivity index (χ0) is 12.7. The maximum Gasteiger partial charge on any atom is 0.151 e. The lowest BCUT2D eigenvalue weighted by Gasteiger charge is -2.23. The van der Waals surface area contributed by atoms with Crippen molar-refractivity contribution in [2.75, 3.05) is 27.3 Å². The van der Waals surface area contributed by atoms with Gasteiger partial charge in [0.05, 0.1) is 13.2 Å². The van der Waals surface area contributed by atoms with Gasteiger partial charge in [-0.3, -0.25) is 9.69 Å². The average Bonchev–Trinajstić information content (AvgIpc) is 2.30. The average molecular weight is 235 g/mol. The Morgan fingerprint density at radius 1 is 1.35 bits per heavy atom. The highest BCUT2D eigenvalue weighted by Crippen LogP contribution is 2.02. The second-order valence-electron chi connectivity index (χ2n) is 4.42. The Balaban J connectivity index is 2.39. The molecule has 94 valence electrons. The van der Waals surface area contributed by atoms with E-state index in [9.17, 15) is 4.79 Å². The van der Waals surface area contributed by atoms with Gasteiger partial charge in [0.1, 0.15) is 0 Å². The molecule has 0 bridgehead atoms. The standard InChI is InChI=1S/C14H21NO2/c1-12(11-17-3)15(2)10-14(16)9-13-7-5-4-6-8-13/h4-8,12H,9-11H2,1-3H3. The summed E-state index contributed by atoms with van der Waals surface area (Å²) in [5.74, 6) is 0.238. The second-order valence-corrected chi connectivity index (χ2v) is 4.42. The number of hydrogen-bond acceptors (Lipinski definition) is 3. The third-order valence-electron chi connectivity index (χ3n) is 2.83. The summed E-state index contributed by atoms with van der Waals surface area (Å²) in [4.78, 5) is 13.9. The Morgan fingerprint density at radius 2 is 2.00 bits per heavy atom. The molecule has 0 spiro atoms. The Labute approximate surface area is 103 Å². The van der Waals surface area contributed by atoms with Crippen LogP contribution >= 0.6 is 0 Å². The van der Waals surface area contributed by atoms with Crippen LogP contribution < -0.4 is 0 Å². The quantitative estimate of drug-likeness (QED) is 0.721. The summed E-state index contributed by atoms with van der Waals surface area (Å²) < 4.78 is 5.07. The lowest BCUT2D eigenvalue weighted by Crippen LogP contribution is -2.37. The SMILES string of the molecule is COCC(C)N(C)CC(=O)Cc1ccccc1. The molecule has 0 aliphatic heterocycles. The van der Waals surface area contributed by atoms with E-state index in [1.165, 1.54) is 0 Å². The van der Waals surface area contributed by atoms with Gasteiger partial charge in [-0.05, 0) is 19.5 Å². The van der Waals surface area contributed by atoms with Crippen molar-refractivity contribution in [1.29, 1.82) is 0 Å². The van der Waals surface area contributed by atoms with Crippen LogP contribution in [0.4, 0.5) is 0 Å². The minimum atomic E-state index is 0.238. The summed E-state index contributed by atoms with van der Waals surface area (Å²) in [6, 6.07) is 10.1. The normalized spacial score (nSPS) is 12.7. The molecule has 0 saturated carbocycles. The minimum Gasteiger partial charge on any atom is -0.383 e. The first-order chi connectivity index (χ1) is 8.13. The van der Waals surface area contributed by atoms with E-state index in [-0.39, 0.29) is 11.8 Å². The molecule has 0 aliphatic rings. The van der Waals surface area contributed by atoms with Crippen molar-refractivity contribution < 1.29 is 9.53 Å². The molecule has 3 nitrogen and oxygen atoms in total. The Bertz CT molecular complexity index is 337. The highest BCUT2D eigenvalue weighted by molar-refractivity contribution is 5.82. The smallest absolute Gasteiger partial charge is 0.151 e. The van der Waals surface area contributed by atoms with Gasteiger partial charge in [0.15, 0.2) is 5.78 Å². The van der Waals surface area contributed by atoms with Gasteiger partial charge in [-0.15, -0.1) is 0 Å². The van der Waals surface area contributed by atoms with Crippen molar-refractivity contribution in [3.05, 3.63) is 35.9 Å². The summed E-state index contributed by atoms with van der Waals surface area (Å²) in [5.41, 5.74) is 1.07. The molecule has 0 saturated heterocycles. The van der Waals surface area contributed by atoms with Crippen molar-refractivity contribution in [2.24, 2.45) is 0 Å².